The lowest BCUT2D eigenvalue weighted by Crippen LogP contribution is -2.30. The van der Waals surface area contributed by atoms with Crippen molar-refractivity contribution in [1.82, 2.24) is 19.9 Å². The Morgan fingerprint density at radius 3 is 2.45 bits per heavy atom. The Morgan fingerprint density at radius 2 is 1.75 bits per heavy atom. The number of hydrogen-bond donors (Lipinski definition) is 1. The molecule has 0 spiro atoms. The van der Waals surface area contributed by atoms with Gasteiger partial charge in [0.15, 0.2) is 11.6 Å². The van der Waals surface area contributed by atoms with Crippen LogP contribution in [0.15, 0.2) is 18.6 Å². The molecule has 2 heterocycles. The summed E-state index contributed by atoms with van der Waals surface area (Å²) in [4.78, 5) is 17.6. The van der Waals surface area contributed by atoms with Crippen molar-refractivity contribution < 1.29 is 0 Å². The first-order valence-electron chi connectivity index (χ1n) is 6.85. The summed E-state index contributed by atoms with van der Waals surface area (Å²) in [5.74, 6) is 1.14. The number of aryl methyl sites for hydroxylation is 1. The number of hydrogen-bond acceptors (Lipinski definition) is 5. The molecule has 2 N–H and O–H groups in total. The SMILES string of the molecule is Cc1cnc(-c2ncc3c(n2)CC(C)(C)CC3N)nc1. The standard InChI is InChI=1S/C15H19N5/c1-9-6-17-13(18-7-9)14-19-8-10-11(16)4-15(2,3)5-12(10)20-14/h6-8,11H,4-5,16H2,1-3H3. The fourth-order valence-corrected chi connectivity index (χ4v) is 2.72. The summed E-state index contributed by atoms with van der Waals surface area (Å²) in [6, 6.07) is 0.0155. The van der Waals surface area contributed by atoms with E-state index in [-0.39, 0.29) is 11.5 Å². The van der Waals surface area contributed by atoms with Gasteiger partial charge in [-0.1, -0.05) is 13.8 Å². The van der Waals surface area contributed by atoms with Gasteiger partial charge in [0, 0.05) is 35.9 Å². The van der Waals surface area contributed by atoms with E-state index in [9.17, 15) is 0 Å². The molecular weight excluding hydrogens is 250 g/mol. The maximum absolute atomic E-state index is 6.22. The molecule has 0 amide bonds. The van der Waals surface area contributed by atoms with Crippen LogP contribution in [-0.4, -0.2) is 19.9 Å². The highest BCUT2D eigenvalue weighted by atomic mass is 15.0. The lowest BCUT2D eigenvalue weighted by atomic mass is 9.74. The van der Waals surface area contributed by atoms with Crippen molar-refractivity contribution in [1.29, 1.82) is 0 Å². The van der Waals surface area contributed by atoms with Crippen molar-refractivity contribution in [3.8, 4) is 11.6 Å². The Hall–Kier alpha value is -1.88. The molecule has 1 atom stereocenters. The summed E-state index contributed by atoms with van der Waals surface area (Å²) in [5, 5.41) is 0. The van der Waals surface area contributed by atoms with E-state index in [4.69, 9.17) is 5.73 Å². The monoisotopic (exact) mass is 269 g/mol. The second-order valence-corrected chi connectivity index (χ2v) is 6.33. The van der Waals surface area contributed by atoms with Crippen LogP contribution in [0.25, 0.3) is 11.6 Å². The van der Waals surface area contributed by atoms with Crippen LogP contribution in [0.4, 0.5) is 0 Å². The van der Waals surface area contributed by atoms with Crippen molar-refractivity contribution in [3.05, 3.63) is 35.4 Å². The van der Waals surface area contributed by atoms with Crippen molar-refractivity contribution in [2.45, 2.75) is 39.7 Å². The van der Waals surface area contributed by atoms with Gasteiger partial charge in [-0.25, -0.2) is 19.9 Å². The van der Waals surface area contributed by atoms with Gasteiger partial charge in [-0.3, -0.25) is 0 Å². The predicted octanol–water partition coefficient (Wildman–Crippen LogP) is 2.21. The summed E-state index contributed by atoms with van der Waals surface area (Å²) in [7, 11) is 0. The number of rotatable bonds is 1. The van der Waals surface area contributed by atoms with Crippen LogP contribution in [0.1, 0.15) is 43.1 Å². The van der Waals surface area contributed by atoms with E-state index in [1.165, 1.54) is 0 Å². The lowest BCUT2D eigenvalue weighted by molar-refractivity contribution is 0.278. The van der Waals surface area contributed by atoms with E-state index >= 15 is 0 Å². The van der Waals surface area contributed by atoms with Crippen molar-refractivity contribution in [2.75, 3.05) is 0 Å². The predicted molar refractivity (Wildman–Crippen MR) is 76.8 cm³/mol. The molecule has 0 aromatic carbocycles. The molecular formula is C15H19N5. The van der Waals surface area contributed by atoms with Gasteiger partial charge in [0.1, 0.15) is 0 Å². The molecule has 0 aliphatic heterocycles. The second-order valence-electron chi connectivity index (χ2n) is 6.33. The van der Waals surface area contributed by atoms with Crippen LogP contribution in [0, 0.1) is 12.3 Å². The number of aromatic nitrogens is 4. The van der Waals surface area contributed by atoms with Gasteiger partial charge >= 0.3 is 0 Å². The Morgan fingerprint density at radius 1 is 1.10 bits per heavy atom. The first kappa shape index (κ1) is 13.1. The topological polar surface area (TPSA) is 77.6 Å². The highest BCUT2D eigenvalue weighted by Gasteiger charge is 2.31. The second kappa shape index (κ2) is 4.59. The van der Waals surface area contributed by atoms with E-state index in [1.807, 2.05) is 13.1 Å². The van der Waals surface area contributed by atoms with Gasteiger partial charge < -0.3 is 5.73 Å². The van der Waals surface area contributed by atoms with Crippen molar-refractivity contribution in [3.63, 3.8) is 0 Å². The van der Waals surface area contributed by atoms with Crippen LogP contribution in [-0.2, 0) is 6.42 Å². The van der Waals surface area contributed by atoms with E-state index < -0.39 is 0 Å². The number of nitrogens with zero attached hydrogens (tertiary/aromatic N) is 4. The summed E-state index contributed by atoms with van der Waals surface area (Å²) in [6.07, 6.45) is 7.27. The molecule has 2 aromatic rings. The fraction of sp³-hybridized carbons (Fsp3) is 0.467. The van der Waals surface area contributed by atoms with Crippen molar-refractivity contribution in [2.24, 2.45) is 11.1 Å². The largest absolute Gasteiger partial charge is 0.324 e. The van der Waals surface area contributed by atoms with Gasteiger partial charge in [-0.15, -0.1) is 0 Å². The Labute approximate surface area is 118 Å². The first-order chi connectivity index (χ1) is 9.44. The molecule has 5 nitrogen and oxygen atoms in total. The minimum atomic E-state index is 0.0155. The number of nitrogens with two attached hydrogens (primary N) is 1. The Balaban J connectivity index is 2.02. The average Bonchev–Trinajstić information content (AvgIpc) is 2.37. The fourth-order valence-electron chi connectivity index (χ4n) is 2.72. The molecule has 0 saturated heterocycles. The highest BCUT2D eigenvalue weighted by molar-refractivity contribution is 5.44. The van der Waals surface area contributed by atoms with Gasteiger partial charge in [0.2, 0.25) is 0 Å². The normalized spacial score (nSPS) is 20.5. The zero-order valence-electron chi connectivity index (χ0n) is 12.1. The molecule has 2 aromatic heterocycles. The maximum Gasteiger partial charge on any atom is 0.197 e. The molecule has 1 aliphatic rings. The van der Waals surface area contributed by atoms with Crippen LogP contribution < -0.4 is 5.73 Å². The quantitative estimate of drug-likeness (QED) is 0.858. The maximum atomic E-state index is 6.22. The third-order valence-electron chi connectivity index (χ3n) is 3.70. The zero-order valence-corrected chi connectivity index (χ0v) is 12.1. The van der Waals surface area contributed by atoms with E-state index in [2.05, 4.69) is 33.8 Å². The molecule has 104 valence electrons. The lowest BCUT2D eigenvalue weighted by Gasteiger charge is -2.34. The zero-order chi connectivity index (χ0) is 14.3. The molecule has 0 bridgehead atoms. The number of fused-ring (bicyclic) bond motifs is 1. The first-order valence-corrected chi connectivity index (χ1v) is 6.85. The van der Waals surface area contributed by atoms with Gasteiger partial charge in [-0.2, -0.15) is 0 Å². The summed E-state index contributed by atoms with van der Waals surface area (Å²) < 4.78 is 0. The summed E-state index contributed by atoms with van der Waals surface area (Å²) >= 11 is 0. The smallest absolute Gasteiger partial charge is 0.197 e. The summed E-state index contributed by atoms with van der Waals surface area (Å²) in [6.45, 7) is 6.40. The van der Waals surface area contributed by atoms with E-state index in [0.29, 0.717) is 11.6 Å². The average molecular weight is 269 g/mol. The van der Waals surface area contributed by atoms with Crippen LogP contribution in [0.2, 0.25) is 0 Å². The van der Waals surface area contributed by atoms with Gasteiger partial charge in [-0.05, 0) is 30.7 Å². The molecule has 3 rings (SSSR count). The van der Waals surface area contributed by atoms with E-state index in [1.54, 1.807) is 12.4 Å². The Kier molecular flexibility index (Phi) is 3.01. The van der Waals surface area contributed by atoms with Gasteiger partial charge in [0.05, 0.1) is 0 Å². The molecule has 0 saturated carbocycles. The van der Waals surface area contributed by atoms with E-state index in [0.717, 1.165) is 29.7 Å². The van der Waals surface area contributed by atoms with Crippen molar-refractivity contribution >= 4 is 0 Å². The van der Waals surface area contributed by atoms with Gasteiger partial charge in [0.25, 0.3) is 0 Å². The molecule has 0 fully saturated rings. The Bertz CT molecular complexity index is 633. The molecule has 1 aliphatic carbocycles. The molecule has 5 heteroatoms. The molecule has 1 unspecified atom stereocenters. The van der Waals surface area contributed by atoms with Crippen LogP contribution in [0.3, 0.4) is 0 Å². The highest BCUT2D eigenvalue weighted by Crippen LogP contribution is 2.38. The molecule has 20 heavy (non-hydrogen) atoms. The van der Waals surface area contributed by atoms with Crippen LogP contribution >= 0.6 is 0 Å². The third-order valence-corrected chi connectivity index (χ3v) is 3.70. The minimum absolute atomic E-state index is 0.0155. The summed E-state index contributed by atoms with van der Waals surface area (Å²) in [5.41, 5.74) is 9.50. The van der Waals surface area contributed by atoms with Crippen LogP contribution in [0.5, 0.6) is 0 Å². The minimum Gasteiger partial charge on any atom is -0.324 e. The molecule has 0 radical (unpaired) electrons. The third kappa shape index (κ3) is 2.41.